The van der Waals surface area contributed by atoms with E-state index in [1.54, 1.807) is 0 Å². The molecule has 3 nitrogen and oxygen atoms in total. The average Bonchev–Trinajstić information content (AvgIpc) is 2.24. The number of hydrogen-bond donors (Lipinski definition) is 2. The Bertz CT molecular complexity index is 217. The zero-order valence-corrected chi connectivity index (χ0v) is 10.8. The molecule has 0 aromatic carbocycles. The van der Waals surface area contributed by atoms with E-state index in [4.69, 9.17) is 5.84 Å². The van der Waals surface area contributed by atoms with Crippen molar-refractivity contribution in [2.45, 2.75) is 64.0 Å². The highest BCUT2D eigenvalue weighted by Gasteiger charge is 2.41. The molecule has 1 saturated heterocycles. The second kappa shape index (κ2) is 5.03. The number of piperidine rings is 1. The van der Waals surface area contributed by atoms with Gasteiger partial charge in [0.1, 0.15) is 0 Å². The summed E-state index contributed by atoms with van der Waals surface area (Å²) in [7, 11) is 0. The second-order valence-electron chi connectivity index (χ2n) is 6.04. The molecule has 1 aliphatic carbocycles. The molecule has 1 saturated carbocycles. The molecule has 0 spiro atoms. The Kier molecular flexibility index (Phi) is 3.88. The fourth-order valence-electron chi connectivity index (χ4n) is 3.36. The lowest BCUT2D eigenvalue weighted by Crippen LogP contribution is -2.63. The number of likely N-dealkylation sites (tertiary alicyclic amines) is 1. The molecule has 16 heavy (non-hydrogen) atoms. The first-order chi connectivity index (χ1) is 7.66. The van der Waals surface area contributed by atoms with Gasteiger partial charge in [-0.05, 0) is 58.5 Å². The number of nitrogens with zero attached hydrogens (tertiary/aromatic N) is 1. The number of nitrogens with two attached hydrogens (primary N) is 1. The van der Waals surface area contributed by atoms with E-state index in [2.05, 4.69) is 24.2 Å². The van der Waals surface area contributed by atoms with Gasteiger partial charge in [0.15, 0.2) is 0 Å². The summed E-state index contributed by atoms with van der Waals surface area (Å²) in [5.41, 5.74) is 3.31. The van der Waals surface area contributed by atoms with Gasteiger partial charge >= 0.3 is 0 Å². The topological polar surface area (TPSA) is 41.3 Å². The van der Waals surface area contributed by atoms with Crippen molar-refractivity contribution < 1.29 is 0 Å². The Balaban J connectivity index is 2.01. The summed E-state index contributed by atoms with van der Waals surface area (Å²) in [4.78, 5) is 2.64. The van der Waals surface area contributed by atoms with E-state index in [-0.39, 0.29) is 5.54 Å². The average molecular weight is 225 g/mol. The van der Waals surface area contributed by atoms with Gasteiger partial charge in [-0.1, -0.05) is 12.8 Å². The van der Waals surface area contributed by atoms with Crippen LogP contribution in [0.25, 0.3) is 0 Å². The predicted octanol–water partition coefficient (Wildman–Crippen LogP) is 1.88. The molecule has 0 radical (unpaired) electrons. The first kappa shape index (κ1) is 12.3. The SMILES string of the molecule is CC(C)(C(NN)C1CCC1)N1CCCCC1. The summed E-state index contributed by atoms with van der Waals surface area (Å²) in [6.45, 7) is 7.22. The molecule has 1 atom stereocenters. The molecular formula is C13H27N3. The van der Waals surface area contributed by atoms with Crippen molar-refractivity contribution in [3.63, 3.8) is 0 Å². The zero-order valence-electron chi connectivity index (χ0n) is 10.8. The van der Waals surface area contributed by atoms with E-state index >= 15 is 0 Å². The molecule has 3 heteroatoms. The molecule has 0 bridgehead atoms. The van der Waals surface area contributed by atoms with E-state index in [1.165, 1.54) is 51.6 Å². The van der Waals surface area contributed by atoms with Crippen LogP contribution in [-0.2, 0) is 0 Å². The van der Waals surface area contributed by atoms with E-state index in [0.29, 0.717) is 6.04 Å². The van der Waals surface area contributed by atoms with Crippen molar-refractivity contribution in [3.05, 3.63) is 0 Å². The first-order valence-corrected chi connectivity index (χ1v) is 6.87. The van der Waals surface area contributed by atoms with Crippen LogP contribution in [0.4, 0.5) is 0 Å². The molecule has 3 N–H and O–H groups in total. The van der Waals surface area contributed by atoms with Gasteiger partial charge < -0.3 is 0 Å². The van der Waals surface area contributed by atoms with Crippen LogP contribution in [0.5, 0.6) is 0 Å². The quantitative estimate of drug-likeness (QED) is 0.567. The van der Waals surface area contributed by atoms with Crippen molar-refractivity contribution in [1.82, 2.24) is 10.3 Å². The lowest BCUT2D eigenvalue weighted by atomic mass is 9.72. The van der Waals surface area contributed by atoms with Crippen molar-refractivity contribution in [2.24, 2.45) is 11.8 Å². The summed E-state index contributed by atoms with van der Waals surface area (Å²) >= 11 is 0. The first-order valence-electron chi connectivity index (χ1n) is 6.87. The van der Waals surface area contributed by atoms with Gasteiger partial charge in [0, 0.05) is 11.6 Å². The summed E-state index contributed by atoms with van der Waals surface area (Å²) in [5.74, 6) is 6.59. The molecule has 1 unspecified atom stereocenters. The van der Waals surface area contributed by atoms with Crippen molar-refractivity contribution in [2.75, 3.05) is 13.1 Å². The number of nitrogens with one attached hydrogen (secondary N) is 1. The Morgan fingerprint density at radius 1 is 1.12 bits per heavy atom. The predicted molar refractivity (Wildman–Crippen MR) is 68.0 cm³/mol. The molecule has 0 aromatic heterocycles. The third-order valence-corrected chi connectivity index (χ3v) is 4.73. The lowest BCUT2D eigenvalue weighted by molar-refractivity contribution is 0.0229. The van der Waals surface area contributed by atoms with Crippen LogP contribution in [0.15, 0.2) is 0 Å². The standard InChI is InChI=1S/C13H27N3/c1-13(2,16-9-4-3-5-10-16)12(15-14)11-7-6-8-11/h11-12,15H,3-10,14H2,1-2H3. The fourth-order valence-corrected chi connectivity index (χ4v) is 3.36. The van der Waals surface area contributed by atoms with Crippen LogP contribution in [-0.4, -0.2) is 29.6 Å². The summed E-state index contributed by atoms with van der Waals surface area (Å²) < 4.78 is 0. The Morgan fingerprint density at radius 3 is 2.19 bits per heavy atom. The van der Waals surface area contributed by atoms with Crippen molar-refractivity contribution in [1.29, 1.82) is 0 Å². The van der Waals surface area contributed by atoms with Gasteiger partial charge in [0.05, 0.1) is 0 Å². The minimum absolute atomic E-state index is 0.209. The highest BCUT2D eigenvalue weighted by molar-refractivity contribution is 4.99. The van der Waals surface area contributed by atoms with Gasteiger partial charge in [-0.25, -0.2) is 0 Å². The smallest absolute Gasteiger partial charge is 0.0417 e. The Hall–Kier alpha value is -0.120. The monoisotopic (exact) mass is 225 g/mol. The summed E-state index contributed by atoms with van der Waals surface area (Å²) in [5, 5.41) is 0. The maximum Gasteiger partial charge on any atom is 0.0417 e. The van der Waals surface area contributed by atoms with Crippen LogP contribution in [0.1, 0.15) is 52.4 Å². The minimum atomic E-state index is 0.209. The highest BCUT2D eigenvalue weighted by atomic mass is 15.3. The fraction of sp³-hybridized carbons (Fsp3) is 1.00. The molecule has 94 valence electrons. The van der Waals surface area contributed by atoms with Gasteiger partial charge in [-0.2, -0.15) is 0 Å². The Labute approximate surface area is 99.7 Å². The van der Waals surface area contributed by atoms with E-state index < -0.39 is 0 Å². The Morgan fingerprint density at radius 2 is 1.75 bits per heavy atom. The lowest BCUT2D eigenvalue weighted by Gasteiger charge is -2.50. The normalized spacial score (nSPS) is 26.4. The van der Waals surface area contributed by atoms with Gasteiger partial charge in [-0.3, -0.25) is 16.2 Å². The number of hydrogen-bond acceptors (Lipinski definition) is 3. The highest BCUT2D eigenvalue weighted by Crippen LogP contribution is 2.36. The third kappa shape index (κ3) is 2.27. The van der Waals surface area contributed by atoms with E-state index in [0.717, 1.165) is 5.92 Å². The maximum absolute atomic E-state index is 5.80. The molecule has 0 aromatic rings. The molecule has 2 aliphatic rings. The molecular weight excluding hydrogens is 198 g/mol. The second-order valence-corrected chi connectivity index (χ2v) is 6.04. The molecule has 1 aliphatic heterocycles. The van der Waals surface area contributed by atoms with Crippen LogP contribution in [0.3, 0.4) is 0 Å². The van der Waals surface area contributed by atoms with Crippen molar-refractivity contribution >= 4 is 0 Å². The largest absolute Gasteiger partial charge is 0.297 e. The van der Waals surface area contributed by atoms with E-state index in [1.807, 2.05) is 0 Å². The van der Waals surface area contributed by atoms with Gasteiger partial charge in [-0.15, -0.1) is 0 Å². The molecule has 1 heterocycles. The van der Waals surface area contributed by atoms with Crippen molar-refractivity contribution in [3.8, 4) is 0 Å². The minimum Gasteiger partial charge on any atom is -0.297 e. The third-order valence-electron chi connectivity index (χ3n) is 4.73. The summed E-state index contributed by atoms with van der Waals surface area (Å²) in [6, 6.07) is 0.458. The maximum atomic E-state index is 5.80. The van der Waals surface area contributed by atoms with Gasteiger partial charge in [0.2, 0.25) is 0 Å². The zero-order chi connectivity index (χ0) is 11.6. The van der Waals surface area contributed by atoms with E-state index in [9.17, 15) is 0 Å². The van der Waals surface area contributed by atoms with Crippen LogP contribution >= 0.6 is 0 Å². The molecule has 2 rings (SSSR count). The van der Waals surface area contributed by atoms with Crippen LogP contribution in [0.2, 0.25) is 0 Å². The molecule has 0 amide bonds. The van der Waals surface area contributed by atoms with Gasteiger partial charge in [0.25, 0.3) is 0 Å². The number of rotatable bonds is 4. The van der Waals surface area contributed by atoms with Crippen LogP contribution in [0, 0.1) is 5.92 Å². The number of hydrazine groups is 1. The molecule has 2 fully saturated rings. The van der Waals surface area contributed by atoms with Crippen LogP contribution < -0.4 is 11.3 Å². The summed E-state index contributed by atoms with van der Waals surface area (Å²) in [6.07, 6.45) is 8.20.